The Bertz CT molecular complexity index is 635. The number of aromatic nitrogens is 2. The number of rotatable bonds is 4. The standard InChI is InChI=1S/C15H16ClN3O2/c16-14-4-2-1-3-11(14)7-15(20)18-12-8-17-19(9-12)13-5-6-21-10-13/h1-4,8-9,13H,5-7,10H2,(H,18,20)/t13-/m0/s1. The smallest absolute Gasteiger partial charge is 0.228 e. The lowest BCUT2D eigenvalue weighted by Gasteiger charge is -2.07. The van der Waals surface area contributed by atoms with Crippen LogP contribution in [0.3, 0.4) is 0 Å². The predicted molar refractivity (Wildman–Crippen MR) is 80.5 cm³/mol. The molecular formula is C15H16ClN3O2. The first kappa shape index (κ1) is 14.1. The van der Waals surface area contributed by atoms with Crippen LogP contribution in [0.1, 0.15) is 18.0 Å². The third-order valence-electron chi connectivity index (χ3n) is 3.47. The molecular weight excluding hydrogens is 290 g/mol. The fraction of sp³-hybridized carbons (Fsp3) is 0.333. The highest BCUT2D eigenvalue weighted by Crippen LogP contribution is 2.20. The second-order valence-electron chi connectivity index (χ2n) is 5.04. The van der Waals surface area contributed by atoms with Crippen molar-refractivity contribution in [2.45, 2.75) is 18.9 Å². The number of amides is 1. The van der Waals surface area contributed by atoms with E-state index in [1.807, 2.05) is 29.1 Å². The van der Waals surface area contributed by atoms with Gasteiger partial charge in [-0.3, -0.25) is 9.48 Å². The Morgan fingerprint density at radius 3 is 3.10 bits per heavy atom. The van der Waals surface area contributed by atoms with Crippen molar-refractivity contribution in [1.29, 1.82) is 0 Å². The summed E-state index contributed by atoms with van der Waals surface area (Å²) in [6.45, 7) is 1.44. The minimum absolute atomic E-state index is 0.106. The van der Waals surface area contributed by atoms with E-state index in [2.05, 4.69) is 10.4 Å². The summed E-state index contributed by atoms with van der Waals surface area (Å²) >= 11 is 6.05. The number of hydrogen-bond donors (Lipinski definition) is 1. The number of carbonyl (C=O) groups is 1. The average Bonchev–Trinajstić information content (AvgIpc) is 3.12. The minimum atomic E-state index is -0.106. The monoisotopic (exact) mass is 305 g/mol. The molecule has 6 heteroatoms. The molecule has 0 saturated carbocycles. The van der Waals surface area contributed by atoms with Gasteiger partial charge in [0.15, 0.2) is 0 Å². The number of nitrogens with zero attached hydrogens (tertiary/aromatic N) is 2. The normalized spacial score (nSPS) is 17.9. The highest BCUT2D eigenvalue weighted by molar-refractivity contribution is 6.31. The molecule has 5 nitrogen and oxygen atoms in total. The molecule has 1 aromatic heterocycles. The Kier molecular flexibility index (Phi) is 4.22. The molecule has 1 aromatic carbocycles. The van der Waals surface area contributed by atoms with Crippen LogP contribution in [0.25, 0.3) is 0 Å². The van der Waals surface area contributed by atoms with E-state index in [1.165, 1.54) is 0 Å². The second kappa shape index (κ2) is 6.28. The van der Waals surface area contributed by atoms with Crippen molar-refractivity contribution in [3.05, 3.63) is 47.2 Å². The van der Waals surface area contributed by atoms with Crippen molar-refractivity contribution >= 4 is 23.2 Å². The molecule has 1 atom stereocenters. The van der Waals surface area contributed by atoms with E-state index >= 15 is 0 Å². The van der Waals surface area contributed by atoms with Crippen LogP contribution in [0.15, 0.2) is 36.7 Å². The average molecular weight is 306 g/mol. The largest absolute Gasteiger partial charge is 0.379 e. The molecule has 0 radical (unpaired) electrons. The van der Waals surface area contributed by atoms with Gasteiger partial charge in [0.25, 0.3) is 0 Å². The highest BCUT2D eigenvalue weighted by atomic mass is 35.5. The quantitative estimate of drug-likeness (QED) is 0.945. The Morgan fingerprint density at radius 1 is 1.48 bits per heavy atom. The van der Waals surface area contributed by atoms with E-state index in [4.69, 9.17) is 16.3 Å². The molecule has 1 aliphatic heterocycles. The fourth-order valence-electron chi connectivity index (χ4n) is 2.35. The molecule has 2 heterocycles. The first-order chi connectivity index (χ1) is 10.2. The number of benzene rings is 1. The van der Waals surface area contributed by atoms with Crippen molar-refractivity contribution < 1.29 is 9.53 Å². The number of hydrogen-bond acceptors (Lipinski definition) is 3. The van der Waals surface area contributed by atoms with Gasteiger partial charge in [0.2, 0.25) is 5.91 Å². The maximum absolute atomic E-state index is 12.0. The number of halogens is 1. The minimum Gasteiger partial charge on any atom is -0.379 e. The summed E-state index contributed by atoms with van der Waals surface area (Å²) in [6.07, 6.45) is 4.69. The molecule has 1 amide bonds. The van der Waals surface area contributed by atoms with Gasteiger partial charge in [-0.05, 0) is 18.1 Å². The summed E-state index contributed by atoms with van der Waals surface area (Å²) in [5.74, 6) is -0.106. The zero-order chi connectivity index (χ0) is 14.7. The van der Waals surface area contributed by atoms with E-state index in [9.17, 15) is 4.79 Å². The molecule has 2 aromatic rings. The van der Waals surface area contributed by atoms with Crippen molar-refractivity contribution in [3.8, 4) is 0 Å². The molecule has 3 rings (SSSR count). The van der Waals surface area contributed by atoms with E-state index in [1.54, 1.807) is 12.3 Å². The van der Waals surface area contributed by atoms with Crippen LogP contribution in [0.4, 0.5) is 5.69 Å². The van der Waals surface area contributed by atoms with Gasteiger partial charge in [0, 0.05) is 17.8 Å². The second-order valence-corrected chi connectivity index (χ2v) is 5.45. The van der Waals surface area contributed by atoms with Crippen molar-refractivity contribution in [1.82, 2.24) is 9.78 Å². The van der Waals surface area contributed by atoms with E-state index in [0.717, 1.165) is 18.6 Å². The lowest BCUT2D eigenvalue weighted by Crippen LogP contribution is -2.14. The zero-order valence-electron chi connectivity index (χ0n) is 11.5. The molecule has 0 aliphatic carbocycles. The van der Waals surface area contributed by atoms with Crippen LogP contribution in [0, 0.1) is 0 Å². The molecule has 0 bridgehead atoms. The van der Waals surface area contributed by atoms with Crippen molar-refractivity contribution in [2.75, 3.05) is 18.5 Å². The van der Waals surface area contributed by atoms with Crippen LogP contribution in [0.5, 0.6) is 0 Å². The SMILES string of the molecule is O=C(Cc1ccccc1Cl)Nc1cnn([C@H]2CCOC2)c1. The van der Waals surface area contributed by atoms with E-state index in [-0.39, 0.29) is 18.4 Å². The third-order valence-corrected chi connectivity index (χ3v) is 3.84. The van der Waals surface area contributed by atoms with Gasteiger partial charge < -0.3 is 10.1 Å². The summed E-state index contributed by atoms with van der Waals surface area (Å²) in [4.78, 5) is 12.0. The predicted octanol–water partition coefficient (Wildman–Crippen LogP) is 2.68. The Morgan fingerprint density at radius 2 is 2.33 bits per heavy atom. The Labute approximate surface area is 127 Å². The van der Waals surface area contributed by atoms with Crippen LogP contribution in [0.2, 0.25) is 5.02 Å². The first-order valence-electron chi connectivity index (χ1n) is 6.87. The van der Waals surface area contributed by atoms with Gasteiger partial charge in [-0.2, -0.15) is 5.10 Å². The maximum atomic E-state index is 12.0. The lowest BCUT2D eigenvalue weighted by atomic mass is 10.1. The molecule has 1 fully saturated rings. The molecule has 1 N–H and O–H groups in total. The molecule has 1 saturated heterocycles. The molecule has 21 heavy (non-hydrogen) atoms. The van der Waals surface area contributed by atoms with Crippen LogP contribution < -0.4 is 5.32 Å². The van der Waals surface area contributed by atoms with Gasteiger partial charge in [0.1, 0.15) is 0 Å². The summed E-state index contributed by atoms with van der Waals surface area (Å²) in [6, 6.07) is 7.60. The lowest BCUT2D eigenvalue weighted by molar-refractivity contribution is -0.115. The summed E-state index contributed by atoms with van der Waals surface area (Å²) < 4.78 is 7.18. The zero-order valence-corrected chi connectivity index (χ0v) is 12.2. The third kappa shape index (κ3) is 3.43. The molecule has 110 valence electrons. The summed E-state index contributed by atoms with van der Waals surface area (Å²) in [5, 5.41) is 7.71. The number of carbonyl (C=O) groups excluding carboxylic acids is 1. The van der Waals surface area contributed by atoms with E-state index < -0.39 is 0 Å². The summed E-state index contributed by atoms with van der Waals surface area (Å²) in [7, 11) is 0. The van der Waals surface area contributed by atoms with Crippen LogP contribution in [-0.4, -0.2) is 28.9 Å². The molecule has 0 spiro atoms. The van der Waals surface area contributed by atoms with Crippen LogP contribution >= 0.6 is 11.6 Å². The summed E-state index contributed by atoms with van der Waals surface area (Å²) in [5.41, 5.74) is 1.51. The number of ether oxygens (including phenoxy) is 1. The van der Waals surface area contributed by atoms with Gasteiger partial charge in [0.05, 0.1) is 31.0 Å². The van der Waals surface area contributed by atoms with Gasteiger partial charge in [-0.1, -0.05) is 29.8 Å². The highest BCUT2D eigenvalue weighted by Gasteiger charge is 2.18. The van der Waals surface area contributed by atoms with Crippen molar-refractivity contribution in [3.63, 3.8) is 0 Å². The van der Waals surface area contributed by atoms with Gasteiger partial charge >= 0.3 is 0 Å². The van der Waals surface area contributed by atoms with Crippen molar-refractivity contribution in [2.24, 2.45) is 0 Å². The number of nitrogens with one attached hydrogen (secondary N) is 1. The topological polar surface area (TPSA) is 56.2 Å². The van der Waals surface area contributed by atoms with Crippen LogP contribution in [-0.2, 0) is 16.0 Å². The maximum Gasteiger partial charge on any atom is 0.228 e. The fourth-order valence-corrected chi connectivity index (χ4v) is 2.56. The Balaban J connectivity index is 1.61. The number of anilines is 1. The van der Waals surface area contributed by atoms with Gasteiger partial charge in [-0.15, -0.1) is 0 Å². The van der Waals surface area contributed by atoms with Gasteiger partial charge in [-0.25, -0.2) is 0 Å². The van der Waals surface area contributed by atoms with E-state index in [0.29, 0.717) is 17.3 Å². The Hall–Kier alpha value is -1.85. The first-order valence-corrected chi connectivity index (χ1v) is 7.25. The molecule has 0 unspecified atom stereocenters. The molecule has 1 aliphatic rings.